The third-order valence-corrected chi connectivity index (χ3v) is 7.37. The number of hydrogen-bond acceptors (Lipinski definition) is 7. The number of esters is 2. The second-order valence-electron chi connectivity index (χ2n) is 11.0. The quantitative estimate of drug-likeness (QED) is 0.0697. The predicted octanol–water partition coefficient (Wildman–Crippen LogP) is 6.70. The van der Waals surface area contributed by atoms with E-state index in [1.807, 2.05) is 0 Å². The van der Waals surface area contributed by atoms with Crippen LogP contribution in [0, 0.1) is 47.2 Å². The Morgan fingerprint density at radius 2 is 1.56 bits per heavy atom. The molecule has 0 aliphatic rings. The third kappa shape index (κ3) is 6.67. The average molecular weight is 700 g/mol. The van der Waals surface area contributed by atoms with Gasteiger partial charge in [-0.3, -0.25) is 14.2 Å². The van der Waals surface area contributed by atoms with Crippen LogP contribution in [-0.2, 0) is 22.8 Å². The van der Waals surface area contributed by atoms with Crippen LogP contribution < -0.4 is 15.2 Å². The number of rotatable bonds is 7. The Kier molecular flexibility index (Phi) is 9.33. The number of carbonyl (C=O) groups excluding carboxylic acids is 2. The number of fused-ring (bicyclic) bond motifs is 1. The minimum Gasteiger partial charge on any atom is -0.443 e. The van der Waals surface area contributed by atoms with Gasteiger partial charge in [-0.25, -0.2) is 27.3 Å². The number of hydrogen-bond donors (Lipinski definition) is 0. The molecule has 4 aromatic rings. The number of anilines is 1. The van der Waals surface area contributed by atoms with E-state index >= 15 is 0 Å². The normalized spacial score (nSPS) is 11.6. The highest BCUT2D eigenvalue weighted by atomic mass is 79.9. The molecule has 8 nitrogen and oxygen atoms in total. The molecule has 0 N–H and O–H groups in total. The summed E-state index contributed by atoms with van der Waals surface area (Å²) in [5.41, 5.74) is -0.922. The molecule has 0 saturated carbocycles. The van der Waals surface area contributed by atoms with Gasteiger partial charge >= 0.3 is 11.9 Å². The van der Waals surface area contributed by atoms with Crippen molar-refractivity contribution in [2.45, 2.75) is 41.0 Å². The van der Waals surface area contributed by atoms with Crippen LogP contribution in [0.15, 0.2) is 39.6 Å². The lowest BCUT2D eigenvalue weighted by Gasteiger charge is -2.21. The van der Waals surface area contributed by atoms with Crippen molar-refractivity contribution in [1.29, 1.82) is 0 Å². The van der Waals surface area contributed by atoms with Gasteiger partial charge in [-0.15, -0.1) is 0 Å². The summed E-state index contributed by atoms with van der Waals surface area (Å²) in [7, 11) is 1.57. The number of carbonyl (C=O) groups is 2. The van der Waals surface area contributed by atoms with E-state index in [1.165, 1.54) is 10.6 Å². The molecule has 0 aliphatic heterocycles. The fourth-order valence-electron chi connectivity index (χ4n) is 4.09. The van der Waals surface area contributed by atoms with Crippen molar-refractivity contribution in [2.75, 3.05) is 11.9 Å². The van der Waals surface area contributed by atoms with Gasteiger partial charge in [0.2, 0.25) is 34.8 Å². The topological polar surface area (TPSA) is 90.7 Å². The molecule has 1 heterocycles. The van der Waals surface area contributed by atoms with Crippen LogP contribution >= 0.6 is 15.9 Å². The van der Waals surface area contributed by atoms with Gasteiger partial charge in [0.15, 0.2) is 6.73 Å². The van der Waals surface area contributed by atoms with E-state index in [1.54, 1.807) is 51.8 Å². The summed E-state index contributed by atoms with van der Waals surface area (Å²) >= 11 is 3.44. The molecule has 1 aromatic heterocycles. The molecule has 0 aliphatic carbocycles. The van der Waals surface area contributed by atoms with Gasteiger partial charge in [-0.2, -0.15) is 8.78 Å². The second kappa shape index (κ2) is 12.5. The van der Waals surface area contributed by atoms with Gasteiger partial charge in [0.25, 0.3) is 5.56 Å². The zero-order valence-electron chi connectivity index (χ0n) is 24.3. The Morgan fingerprint density at radius 3 is 2.13 bits per heavy atom. The zero-order valence-corrected chi connectivity index (χ0v) is 25.9. The molecule has 0 unspecified atom stereocenters. The average Bonchev–Trinajstić information content (AvgIpc) is 2.97. The van der Waals surface area contributed by atoms with Gasteiger partial charge in [-0.1, -0.05) is 15.9 Å². The number of nitrogens with zero attached hydrogens (tertiary/aromatic N) is 3. The SMILES string of the molecule is Cc1nc2cc(Br)c(CN(C)c3ccc(C(=O)Oc4c(F)c(F)c(F)c(F)c4F)c(F)c3)cc2c(=O)n1COC(=O)C(C)(C)C. The number of ether oxygens (including phenoxy) is 2. The highest BCUT2D eigenvalue weighted by Gasteiger charge is 2.30. The minimum absolute atomic E-state index is 0.0939. The van der Waals surface area contributed by atoms with Gasteiger partial charge in [-0.05, 0) is 63.6 Å². The first-order chi connectivity index (χ1) is 20.9. The van der Waals surface area contributed by atoms with Crippen molar-refractivity contribution in [3.8, 4) is 5.75 Å². The van der Waals surface area contributed by atoms with Gasteiger partial charge < -0.3 is 14.4 Å². The second-order valence-corrected chi connectivity index (χ2v) is 11.8. The summed E-state index contributed by atoms with van der Waals surface area (Å²) < 4.78 is 94.4. The molecule has 3 aromatic carbocycles. The molecule has 0 saturated heterocycles. The van der Waals surface area contributed by atoms with E-state index in [-0.39, 0.29) is 24.3 Å². The molecule has 0 bridgehead atoms. The van der Waals surface area contributed by atoms with Crippen molar-refractivity contribution in [3.63, 3.8) is 0 Å². The summed E-state index contributed by atoms with van der Waals surface area (Å²) in [6.45, 7) is 6.38. The van der Waals surface area contributed by atoms with Crippen LogP contribution in [0.2, 0.25) is 0 Å². The standard InChI is InChI=1S/C30H24BrF6N3O5/c1-13-38-20-10-18(31)14(8-17(20)27(41)40(13)12-44-29(43)30(2,3)4)11-39(5)15-6-7-16(19(32)9-15)28(42)45-26-24(36)22(34)21(33)23(35)25(26)37/h6-10H,11-12H2,1-5H3. The Bertz CT molecular complexity index is 1900. The maximum absolute atomic E-state index is 14.9. The molecular weight excluding hydrogens is 676 g/mol. The van der Waals surface area contributed by atoms with Crippen LogP contribution in [0.4, 0.5) is 32.0 Å². The third-order valence-electron chi connectivity index (χ3n) is 6.64. The molecule has 0 spiro atoms. The van der Waals surface area contributed by atoms with Crippen molar-refractivity contribution in [3.05, 3.63) is 97.0 Å². The van der Waals surface area contributed by atoms with Crippen LogP contribution in [0.25, 0.3) is 10.9 Å². The molecular formula is C30H24BrF6N3O5. The molecule has 238 valence electrons. The minimum atomic E-state index is -2.44. The number of benzene rings is 3. The molecule has 0 radical (unpaired) electrons. The van der Waals surface area contributed by atoms with E-state index < -0.39 is 69.1 Å². The van der Waals surface area contributed by atoms with Crippen molar-refractivity contribution < 1.29 is 45.4 Å². The lowest BCUT2D eigenvalue weighted by Crippen LogP contribution is -2.30. The van der Waals surface area contributed by atoms with Crippen molar-refractivity contribution in [2.24, 2.45) is 5.41 Å². The van der Waals surface area contributed by atoms with Crippen molar-refractivity contribution in [1.82, 2.24) is 9.55 Å². The highest BCUT2D eigenvalue weighted by Crippen LogP contribution is 2.31. The Hall–Kier alpha value is -4.40. The molecule has 45 heavy (non-hydrogen) atoms. The van der Waals surface area contributed by atoms with E-state index in [2.05, 4.69) is 25.7 Å². The molecule has 0 fully saturated rings. The highest BCUT2D eigenvalue weighted by molar-refractivity contribution is 9.10. The molecule has 15 heteroatoms. The van der Waals surface area contributed by atoms with Crippen LogP contribution in [0.5, 0.6) is 5.75 Å². The molecule has 0 amide bonds. The summed E-state index contributed by atoms with van der Waals surface area (Å²) in [5.74, 6) is -16.8. The lowest BCUT2D eigenvalue weighted by molar-refractivity contribution is -0.157. The largest absolute Gasteiger partial charge is 0.443 e. The number of aryl methyl sites for hydroxylation is 1. The maximum atomic E-state index is 14.9. The first-order valence-electron chi connectivity index (χ1n) is 13.0. The smallest absolute Gasteiger partial charge is 0.346 e. The van der Waals surface area contributed by atoms with Gasteiger partial charge in [0.1, 0.15) is 11.6 Å². The zero-order chi connectivity index (χ0) is 33.5. The molecule has 4 rings (SSSR count). The van der Waals surface area contributed by atoms with Crippen molar-refractivity contribution >= 4 is 44.5 Å². The number of aromatic nitrogens is 2. The van der Waals surface area contributed by atoms with E-state index in [9.17, 15) is 40.7 Å². The monoisotopic (exact) mass is 699 g/mol. The summed E-state index contributed by atoms with van der Waals surface area (Å²) in [4.78, 5) is 43.9. The lowest BCUT2D eigenvalue weighted by atomic mass is 9.98. The summed E-state index contributed by atoms with van der Waals surface area (Å²) in [6, 6.07) is 6.26. The first-order valence-corrected chi connectivity index (χ1v) is 13.8. The Morgan fingerprint density at radius 1 is 0.956 bits per heavy atom. The Balaban J connectivity index is 1.58. The fourth-order valence-corrected chi connectivity index (χ4v) is 4.54. The maximum Gasteiger partial charge on any atom is 0.346 e. The number of halogens is 7. The summed E-state index contributed by atoms with van der Waals surface area (Å²) in [5, 5.41) is 0.219. The predicted molar refractivity (Wildman–Crippen MR) is 154 cm³/mol. The van der Waals surface area contributed by atoms with E-state index in [4.69, 9.17) is 4.74 Å². The van der Waals surface area contributed by atoms with Crippen LogP contribution in [0.1, 0.15) is 42.5 Å². The fraction of sp³-hybridized carbons (Fsp3) is 0.267. The van der Waals surface area contributed by atoms with Gasteiger partial charge in [0.05, 0.1) is 21.9 Å². The van der Waals surface area contributed by atoms with E-state index in [0.717, 1.165) is 12.1 Å². The first kappa shape index (κ1) is 33.5. The van der Waals surface area contributed by atoms with Crippen LogP contribution in [-0.4, -0.2) is 28.5 Å². The molecule has 0 atom stereocenters. The van der Waals surface area contributed by atoms with Crippen LogP contribution in [0.3, 0.4) is 0 Å². The Labute approximate surface area is 260 Å². The van der Waals surface area contributed by atoms with Gasteiger partial charge in [0, 0.05) is 23.8 Å². The summed E-state index contributed by atoms with van der Waals surface area (Å²) in [6.07, 6.45) is 0. The van der Waals surface area contributed by atoms with E-state index in [0.29, 0.717) is 21.4 Å².